The molecule has 0 radical (unpaired) electrons. The van der Waals surface area contributed by atoms with Crippen LogP contribution < -0.4 is 15.8 Å². The van der Waals surface area contributed by atoms with Crippen LogP contribution in [0.3, 0.4) is 0 Å². The number of anilines is 1. The molecule has 5 heteroatoms. The van der Waals surface area contributed by atoms with Gasteiger partial charge in [0.25, 0.3) is 5.91 Å². The third kappa shape index (κ3) is 3.17. The zero-order valence-corrected chi connectivity index (χ0v) is 9.67. The van der Waals surface area contributed by atoms with Gasteiger partial charge in [-0.2, -0.15) is 0 Å². The van der Waals surface area contributed by atoms with Crippen LogP contribution in [0.1, 0.15) is 10.4 Å². The molecule has 86 valence electrons. The third-order valence-corrected chi connectivity index (χ3v) is 2.04. The Morgan fingerprint density at radius 1 is 1.62 bits per heavy atom. The first-order valence-electron chi connectivity index (χ1n) is 4.59. The fourth-order valence-electron chi connectivity index (χ4n) is 1.17. The minimum Gasteiger partial charge on any atom is -0.496 e. The number of carbonyl (C=O) groups excluding carboxylic acids is 1. The maximum absolute atomic E-state index is 11.7. The number of ether oxygens (including phenoxy) is 1. The van der Waals surface area contributed by atoms with Crippen LogP contribution >= 0.6 is 11.6 Å². The molecule has 16 heavy (non-hydrogen) atoms. The molecule has 1 rings (SSSR count). The summed E-state index contributed by atoms with van der Waals surface area (Å²) in [6.07, 6.45) is 0. The van der Waals surface area contributed by atoms with Crippen molar-refractivity contribution in [1.29, 1.82) is 0 Å². The lowest BCUT2D eigenvalue weighted by atomic mass is 10.1. The Labute approximate surface area is 99.0 Å². The molecule has 0 saturated carbocycles. The highest BCUT2D eigenvalue weighted by Gasteiger charge is 2.12. The normalized spacial score (nSPS) is 9.62. The molecular formula is C11H13ClN2O2. The van der Waals surface area contributed by atoms with Gasteiger partial charge in [0.15, 0.2) is 0 Å². The quantitative estimate of drug-likeness (QED) is 0.789. The predicted octanol–water partition coefficient (Wildman–Crippen LogP) is 1.76. The highest BCUT2D eigenvalue weighted by atomic mass is 35.5. The van der Waals surface area contributed by atoms with E-state index in [9.17, 15) is 4.79 Å². The second-order valence-electron chi connectivity index (χ2n) is 3.16. The summed E-state index contributed by atoms with van der Waals surface area (Å²) >= 11 is 5.55. The van der Waals surface area contributed by atoms with Crippen LogP contribution in [0.25, 0.3) is 0 Å². The van der Waals surface area contributed by atoms with E-state index in [1.807, 2.05) is 0 Å². The Morgan fingerprint density at radius 2 is 2.31 bits per heavy atom. The average Bonchev–Trinajstić information content (AvgIpc) is 2.25. The standard InChI is InChI=1S/C11H13ClN2O2/c1-7(12)6-14-11(15)9-5-8(13)3-4-10(9)16-2/h3-5H,1,6,13H2,2H3,(H,14,15). The Kier molecular flexibility index (Phi) is 4.19. The lowest BCUT2D eigenvalue weighted by molar-refractivity contribution is 0.0954. The van der Waals surface area contributed by atoms with Crippen molar-refractivity contribution in [3.63, 3.8) is 0 Å². The summed E-state index contributed by atoms with van der Waals surface area (Å²) in [5.74, 6) is 0.165. The van der Waals surface area contributed by atoms with E-state index in [2.05, 4.69) is 11.9 Å². The highest BCUT2D eigenvalue weighted by Crippen LogP contribution is 2.20. The number of nitrogens with two attached hydrogens (primary N) is 1. The molecule has 1 aromatic rings. The summed E-state index contributed by atoms with van der Waals surface area (Å²) in [5.41, 5.74) is 6.47. The van der Waals surface area contributed by atoms with Gasteiger partial charge in [-0.05, 0) is 18.2 Å². The second-order valence-corrected chi connectivity index (χ2v) is 3.69. The van der Waals surface area contributed by atoms with Gasteiger partial charge in [0, 0.05) is 10.7 Å². The van der Waals surface area contributed by atoms with Crippen molar-refractivity contribution in [2.45, 2.75) is 0 Å². The first kappa shape index (κ1) is 12.4. The Hall–Kier alpha value is -1.68. The molecule has 4 nitrogen and oxygen atoms in total. The molecule has 0 aliphatic rings. The van der Waals surface area contributed by atoms with Crippen LogP contribution in [0.15, 0.2) is 29.8 Å². The maximum atomic E-state index is 11.7. The minimum absolute atomic E-state index is 0.207. The van der Waals surface area contributed by atoms with Crippen molar-refractivity contribution >= 4 is 23.2 Å². The minimum atomic E-state index is -0.300. The first-order chi connectivity index (χ1) is 7.54. The van der Waals surface area contributed by atoms with Gasteiger partial charge in [-0.3, -0.25) is 4.79 Å². The lowest BCUT2D eigenvalue weighted by Gasteiger charge is -2.09. The molecule has 0 unspecified atom stereocenters. The summed E-state index contributed by atoms with van der Waals surface area (Å²) in [5, 5.41) is 2.95. The van der Waals surface area contributed by atoms with E-state index < -0.39 is 0 Å². The van der Waals surface area contributed by atoms with E-state index in [1.54, 1.807) is 18.2 Å². The molecule has 0 heterocycles. The topological polar surface area (TPSA) is 64.4 Å². The molecule has 0 aliphatic carbocycles. The molecule has 1 aromatic carbocycles. The van der Waals surface area contributed by atoms with Crippen molar-refractivity contribution in [1.82, 2.24) is 5.32 Å². The van der Waals surface area contributed by atoms with E-state index in [0.29, 0.717) is 22.0 Å². The van der Waals surface area contributed by atoms with Crippen LogP contribution in [0.4, 0.5) is 5.69 Å². The van der Waals surface area contributed by atoms with Gasteiger partial charge < -0.3 is 15.8 Å². The molecular weight excluding hydrogens is 228 g/mol. The Morgan fingerprint density at radius 3 is 2.88 bits per heavy atom. The highest BCUT2D eigenvalue weighted by molar-refractivity contribution is 6.29. The number of hydrogen-bond donors (Lipinski definition) is 2. The van der Waals surface area contributed by atoms with Crippen LogP contribution in [0.5, 0.6) is 5.75 Å². The lowest BCUT2D eigenvalue weighted by Crippen LogP contribution is -2.25. The Balaban J connectivity index is 2.88. The predicted molar refractivity (Wildman–Crippen MR) is 64.7 cm³/mol. The molecule has 0 spiro atoms. The van der Waals surface area contributed by atoms with Crippen molar-refractivity contribution in [3.05, 3.63) is 35.4 Å². The number of nitrogen functional groups attached to an aromatic ring is 1. The Bertz CT molecular complexity index is 418. The number of carbonyl (C=O) groups is 1. The molecule has 0 fully saturated rings. The van der Waals surface area contributed by atoms with Crippen LogP contribution in [0, 0.1) is 0 Å². The van der Waals surface area contributed by atoms with Crippen molar-refractivity contribution in [2.75, 3.05) is 19.4 Å². The van der Waals surface area contributed by atoms with Gasteiger partial charge in [-0.25, -0.2) is 0 Å². The fourth-order valence-corrected chi connectivity index (χ4v) is 1.24. The first-order valence-corrected chi connectivity index (χ1v) is 4.97. The van der Waals surface area contributed by atoms with E-state index >= 15 is 0 Å². The molecule has 0 atom stereocenters. The number of methoxy groups -OCH3 is 1. The van der Waals surface area contributed by atoms with E-state index in [4.69, 9.17) is 22.1 Å². The SMILES string of the molecule is C=C(Cl)CNC(=O)c1cc(N)ccc1OC. The summed E-state index contributed by atoms with van der Waals surface area (Å²) in [4.78, 5) is 11.7. The summed E-state index contributed by atoms with van der Waals surface area (Å²) < 4.78 is 5.06. The summed E-state index contributed by atoms with van der Waals surface area (Å²) in [6, 6.07) is 4.85. The summed E-state index contributed by atoms with van der Waals surface area (Å²) in [6.45, 7) is 3.68. The smallest absolute Gasteiger partial charge is 0.255 e. The number of halogens is 1. The number of benzene rings is 1. The van der Waals surface area contributed by atoms with Gasteiger partial charge in [0.2, 0.25) is 0 Å². The summed E-state index contributed by atoms with van der Waals surface area (Å²) in [7, 11) is 1.49. The van der Waals surface area contributed by atoms with E-state index in [-0.39, 0.29) is 12.5 Å². The maximum Gasteiger partial charge on any atom is 0.255 e. The van der Waals surface area contributed by atoms with Gasteiger partial charge in [-0.15, -0.1) is 0 Å². The largest absolute Gasteiger partial charge is 0.496 e. The van der Waals surface area contributed by atoms with Crippen LogP contribution in [0.2, 0.25) is 0 Å². The van der Waals surface area contributed by atoms with Gasteiger partial charge >= 0.3 is 0 Å². The molecule has 0 bridgehead atoms. The zero-order chi connectivity index (χ0) is 12.1. The van der Waals surface area contributed by atoms with Gasteiger partial charge in [0.1, 0.15) is 5.75 Å². The number of nitrogens with one attached hydrogen (secondary N) is 1. The van der Waals surface area contributed by atoms with Crippen LogP contribution in [-0.4, -0.2) is 19.6 Å². The van der Waals surface area contributed by atoms with Crippen molar-refractivity contribution in [2.24, 2.45) is 0 Å². The van der Waals surface area contributed by atoms with E-state index in [1.165, 1.54) is 7.11 Å². The number of rotatable bonds is 4. The van der Waals surface area contributed by atoms with Crippen LogP contribution in [-0.2, 0) is 0 Å². The molecule has 3 N–H and O–H groups in total. The number of amides is 1. The number of hydrogen-bond acceptors (Lipinski definition) is 3. The fraction of sp³-hybridized carbons (Fsp3) is 0.182. The molecule has 0 aromatic heterocycles. The van der Waals surface area contributed by atoms with Crippen molar-refractivity contribution in [3.8, 4) is 5.75 Å². The molecule has 0 saturated heterocycles. The zero-order valence-electron chi connectivity index (χ0n) is 8.92. The monoisotopic (exact) mass is 240 g/mol. The van der Waals surface area contributed by atoms with Crippen molar-refractivity contribution < 1.29 is 9.53 Å². The average molecular weight is 241 g/mol. The second kappa shape index (κ2) is 5.42. The molecule has 0 aliphatic heterocycles. The van der Waals surface area contributed by atoms with Gasteiger partial charge in [-0.1, -0.05) is 18.2 Å². The third-order valence-electron chi connectivity index (χ3n) is 1.91. The van der Waals surface area contributed by atoms with Gasteiger partial charge in [0.05, 0.1) is 19.2 Å². The molecule has 1 amide bonds. The van der Waals surface area contributed by atoms with E-state index in [0.717, 1.165) is 0 Å².